The van der Waals surface area contributed by atoms with Crippen LogP contribution in [-0.4, -0.2) is 45.9 Å². The number of allylic oxidation sites excluding steroid dienone is 1. The topological polar surface area (TPSA) is 36.9 Å². The lowest BCUT2D eigenvalue weighted by molar-refractivity contribution is -0.212. The average Bonchev–Trinajstić information content (AvgIpc) is 2.28. The maximum absolute atomic E-state index is 5.82. The van der Waals surface area contributed by atoms with Crippen molar-refractivity contribution in [1.82, 2.24) is 0 Å². The van der Waals surface area contributed by atoms with Crippen molar-refractivity contribution in [1.29, 1.82) is 0 Å². The van der Waals surface area contributed by atoms with Crippen molar-refractivity contribution in [2.75, 3.05) is 39.6 Å². The zero-order valence-corrected chi connectivity index (χ0v) is 11.6. The second-order valence-corrected chi connectivity index (χ2v) is 6.12. The van der Waals surface area contributed by atoms with E-state index in [0.29, 0.717) is 13.2 Å². The Hall–Kier alpha value is -0.420. The second-order valence-electron chi connectivity index (χ2n) is 6.12. The van der Waals surface area contributed by atoms with Gasteiger partial charge in [-0.05, 0) is 13.0 Å². The van der Waals surface area contributed by atoms with Crippen LogP contribution >= 0.6 is 0 Å². The first kappa shape index (κ1) is 14.0. The van der Waals surface area contributed by atoms with E-state index in [1.54, 1.807) is 0 Å². The molecule has 0 aromatic heterocycles. The Morgan fingerprint density at radius 3 is 1.72 bits per heavy atom. The van der Waals surface area contributed by atoms with Gasteiger partial charge in [0.1, 0.15) is 0 Å². The van der Waals surface area contributed by atoms with Gasteiger partial charge >= 0.3 is 0 Å². The molecule has 2 aliphatic rings. The molecule has 2 fully saturated rings. The van der Waals surface area contributed by atoms with Crippen LogP contribution in [0.25, 0.3) is 0 Å². The first-order valence-electron chi connectivity index (χ1n) is 6.57. The Morgan fingerprint density at radius 1 is 1.00 bits per heavy atom. The van der Waals surface area contributed by atoms with Gasteiger partial charge in [0.2, 0.25) is 0 Å². The van der Waals surface area contributed by atoms with Crippen molar-refractivity contribution in [2.24, 2.45) is 10.8 Å². The Bertz CT molecular complexity index is 268. The minimum atomic E-state index is -0.259. The highest BCUT2D eigenvalue weighted by Gasteiger charge is 2.36. The smallest absolute Gasteiger partial charge is 0.176 e. The van der Waals surface area contributed by atoms with E-state index in [2.05, 4.69) is 13.8 Å². The van der Waals surface area contributed by atoms with Crippen LogP contribution in [0.2, 0.25) is 0 Å². The molecule has 0 spiro atoms. The highest BCUT2D eigenvalue weighted by Crippen LogP contribution is 2.29. The molecule has 0 radical (unpaired) electrons. The number of hydrogen-bond acceptors (Lipinski definition) is 4. The van der Waals surface area contributed by atoms with Gasteiger partial charge in [0.25, 0.3) is 0 Å². The molecule has 2 heterocycles. The van der Waals surface area contributed by atoms with Crippen LogP contribution in [0.3, 0.4) is 0 Å². The summed E-state index contributed by atoms with van der Waals surface area (Å²) in [7, 11) is 0. The summed E-state index contributed by atoms with van der Waals surface area (Å²) < 4.78 is 22.1. The lowest BCUT2D eigenvalue weighted by Gasteiger charge is -2.40. The van der Waals surface area contributed by atoms with Crippen LogP contribution in [0.5, 0.6) is 0 Å². The van der Waals surface area contributed by atoms with E-state index in [1.165, 1.54) is 0 Å². The van der Waals surface area contributed by atoms with Crippen molar-refractivity contribution < 1.29 is 18.9 Å². The van der Waals surface area contributed by atoms with Crippen molar-refractivity contribution in [2.45, 2.75) is 27.1 Å². The highest BCUT2D eigenvalue weighted by molar-refractivity contribution is 4.86. The predicted molar refractivity (Wildman–Crippen MR) is 68.4 cm³/mol. The van der Waals surface area contributed by atoms with Gasteiger partial charge in [-0.2, -0.15) is 0 Å². The summed E-state index contributed by atoms with van der Waals surface area (Å²) in [5, 5.41) is 0. The average molecular weight is 256 g/mol. The third-order valence-electron chi connectivity index (χ3n) is 3.34. The Balaban J connectivity index is 1.72. The summed E-state index contributed by atoms with van der Waals surface area (Å²) in [4.78, 5) is 0. The lowest BCUT2D eigenvalue weighted by atomic mass is 9.90. The van der Waals surface area contributed by atoms with Gasteiger partial charge in [0.15, 0.2) is 6.29 Å². The SMILES string of the molecule is CC=CC(OCC1(C)COC1)OCC1(C)COC1. The molecule has 0 aliphatic carbocycles. The molecule has 0 aromatic carbocycles. The maximum Gasteiger partial charge on any atom is 0.176 e. The molecule has 0 atom stereocenters. The van der Waals surface area contributed by atoms with E-state index in [1.807, 2.05) is 19.1 Å². The third-order valence-corrected chi connectivity index (χ3v) is 3.34. The summed E-state index contributed by atoms with van der Waals surface area (Å²) in [6.07, 6.45) is 3.65. The van der Waals surface area contributed by atoms with Crippen LogP contribution in [-0.2, 0) is 18.9 Å². The Kier molecular flexibility index (Phi) is 4.43. The summed E-state index contributed by atoms with van der Waals surface area (Å²) >= 11 is 0. The summed E-state index contributed by atoms with van der Waals surface area (Å²) in [5.41, 5.74) is 0.319. The molecular formula is C14H24O4. The third kappa shape index (κ3) is 3.54. The first-order valence-corrected chi connectivity index (χ1v) is 6.57. The molecule has 18 heavy (non-hydrogen) atoms. The van der Waals surface area contributed by atoms with E-state index in [0.717, 1.165) is 26.4 Å². The van der Waals surface area contributed by atoms with Gasteiger partial charge < -0.3 is 18.9 Å². The molecule has 2 aliphatic heterocycles. The Morgan fingerprint density at radius 2 is 1.44 bits per heavy atom. The maximum atomic E-state index is 5.82. The molecule has 0 N–H and O–H groups in total. The fraction of sp³-hybridized carbons (Fsp3) is 0.857. The normalized spacial score (nSPS) is 25.1. The van der Waals surface area contributed by atoms with E-state index in [-0.39, 0.29) is 17.1 Å². The van der Waals surface area contributed by atoms with Crippen LogP contribution in [0.15, 0.2) is 12.2 Å². The van der Waals surface area contributed by atoms with Gasteiger partial charge in [-0.25, -0.2) is 0 Å². The van der Waals surface area contributed by atoms with Crippen LogP contribution in [0.4, 0.5) is 0 Å². The minimum absolute atomic E-state index is 0.159. The monoisotopic (exact) mass is 256 g/mol. The molecule has 2 rings (SSSR count). The van der Waals surface area contributed by atoms with Gasteiger partial charge in [0, 0.05) is 10.8 Å². The molecule has 104 valence electrons. The van der Waals surface area contributed by atoms with Crippen molar-refractivity contribution in [3.05, 3.63) is 12.2 Å². The summed E-state index contributed by atoms with van der Waals surface area (Å²) in [5.74, 6) is 0. The van der Waals surface area contributed by atoms with E-state index in [4.69, 9.17) is 18.9 Å². The number of ether oxygens (including phenoxy) is 4. The van der Waals surface area contributed by atoms with Crippen molar-refractivity contribution in [3.63, 3.8) is 0 Å². The second kappa shape index (κ2) is 5.70. The van der Waals surface area contributed by atoms with E-state index in [9.17, 15) is 0 Å². The van der Waals surface area contributed by atoms with Crippen LogP contribution < -0.4 is 0 Å². The van der Waals surface area contributed by atoms with Crippen molar-refractivity contribution in [3.8, 4) is 0 Å². The Labute approximate surface area is 109 Å². The van der Waals surface area contributed by atoms with Crippen molar-refractivity contribution >= 4 is 0 Å². The van der Waals surface area contributed by atoms with E-state index >= 15 is 0 Å². The molecule has 0 bridgehead atoms. The number of rotatable bonds is 7. The quantitative estimate of drug-likeness (QED) is 0.515. The largest absolute Gasteiger partial charge is 0.380 e. The lowest BCUT2D eigenvalue weighted by Crippen LogP contribution is -2.46. The zero-order valence-electron chi connectivity index (χ0n) is 11.6. The molecule has 2 saturated heterocycles. The summed E-state index contributed by atoms with van der Waals surface area (Å²) in [6.45, 7) is 10.8. The molecule has 0 unspecified atom stereocenters. The minimum Gasteiger partial charge on any atom is -0.380 e. The molecule has 4 heteroatoms. The molecule has 0 amide bonds. The van der Waals surface area contributed by atoms with Gasteiger partial charge in [-0.15, -0.1) is 0 Å². The van der Waals surface area contributed by atoms with Crippen LogP contribution in [0.1, 0.15) is 20.8 Å². The molecule has 0 saturated carbocycles. The zero-order chi connectivity index (χ0) is 13.1. The summed E-state index contributed by atoms with van der Waals surface area (Å²) in [6, 6.07) is 0. The number of hydrogen-bond donors (Lipinski definition) is 0. The fourth-order valence-corrected chi connectivity index (χ4v) is 1.95. The highest BCUT2D eigenvalue weighted by atomic mass is 16.7. The first-order chi connectivity index (χ1) is 8.55. The van der Waals surface area contributed by atoms with Gasteiger partial charge in [-0.1, -0.05) is 19.9 Å². The van der Waals surface area contributed by atoms with E-state index < -0.39 is 0 Å². The molecule has 4 nitrogen and oxygen atoms in total. The van der Waals surface area contributed by atoms with Crippen LogP contribution in [0, 0.1) is 10.8 Å². The molecule has 0 aromatic rings. The predicted octanol–water partition coefficient (Wildman–Crippen LogP) is 1.99. The van der Waals surface area contributed by atoms with Gasteiger partial charge in [0.05, 0.1) is 39.6 Å². The molecular weight excluding hydrogens is 232 g/mol. The standard InChI is InChI=1S/C14H24O4/c1-4-5-12(17-10-13(2)6-15-7-13)18-11-14(3)8-16-9-14/h4-5,12H,6-11H2,1-3H3. The van der Waals surface area contributed by atoms with Gasteiger partial charge in [-0.3, -0.25) is 0 Å². The fourth-order valence-electron chi connectivity index (χ4n) is 1.95.